The molecule has 1 amide bonds. The van der Waals surface area contributed by atoms with Gasteiger partial charge in [-0.1, -0.05) is 0 Å². The van der Waals surface area contributed by atoms with E-state index in [4.69, 9.17) is 4.74 Å². The minimum absolute atomic E-state index is 0. The van der Waals surface area contributed by atoms with Crippen LogP contribution in [0.5, 0.6) is 0 Å². The normalized spacial score (nSPS) is 16.2. The van der Waals surface area contributed by atoms with Crippen molar-refractivity contribution >= 4 is 30.7 Å². The van der Waals surface area contributed by atoms with E-state index in [0.717, 1.165) is 32.5 Å². The highest BCUT2D eigenvalue weighted by Crippen LogP contribution is 2.17. The van der Waals surface area contributed by atoms with Crippen LogP contribution in [0.2, 0.25) is 0 Å². The number of hydrogen-bond donors (Lipinski definition) is 1. The van der Waals surface area contributed by atoms with Crippen molar-refractivity contribution in [1.82, 2.24) is 15.1 Å². The summed E-state index contributed by atoms with van der Waals surface area (Å²) in [5.74, 6) is 0.180. The molecule has 0 unspecified atom stereocenters. The Labute approximate surface area is 141 Å². The van der Waals surface area contributed by atoms with Crippen LogP contribution in [0.25, 0.3) is 0 Å². The lowest BCUT2D eigenvalue weighted by molar-refractivity contribution is -0.132. The minimum Gasteiger partial charge on any atom is -0.383 e. The topological polar surface area (TPSA) is 44.8 Å². The Morgan fingerprint density at radius 1 is 1.33 bits per heavy atom. The van der Waals surface area contributed by atoms with Gasteiger partial charge in [0.1, 0.15) is 0 Å². The van der Waals surface area contributed by atoms with Crippen LogP contribution in [0.4, 0.5) is 0 Å². The van der Waals surface area contributed by atoms with Crippen molar-refractivity contribution < 1.29 is 9.53 Å². The Bertz CT molecular complexity index is 273. The number of likely N-dealkylation sites (tertiary alicyclic amines) is 1. The number of nitrogens with zero attached hydrogens (tertiary/aromatic N) is 2. The Kier molecular flexibility index (Phi) is 13.8. The zero-order valence-electron chi connectivity index (χ0n) is 13.6. The van der Waals surface area contributed by atoms with E-state index in [0.29, 0.717) is 25.2 Å². The Morgan fingerprint density at radius 2 is 1.90 bits per heavy atom. The number of likely N-dealkylation sites (N-methyl/N-ethyl adjacent to an activating group) is 1. The molecular formula is C14H31Cl2N3O2. The molecule has 0 atom stereocenters. The summed E-state index contributed by atoms with van der Waals surface area (Å²) in [6.45, 7) is 8.42. The molecule has 1 aliphatic heterocycles. The van der Waals surface area contributed by atoms with Gasteiger partial charge in [-0.25, -0.2) is 0 Å². The molecule has 21 heavy (non-hydrogen) atoms. The zero-order chi connectivity index (χ0) is 14.3. The highest BCUT2D eigenvalue weighted by molar-refractivity contribution is 5.85. The third-order valence-electron chi connectivity index (χ3n) is 3.93. The van der Waals surface area contributed by atoms with Crippen LogP contribution in [0.3, 0.4) is 0 Å². The second-order valence-electron chi connectivity index (χ2n) is 5.54. The van der Waals surface area contributed by atoms with Crippen LogP contribution in [0, 0.1) is 0 Å². The Hall–Kier alpha value is -0.0700. The molecule has 0 radical (unpaired) electrons. The van der Waals surface area contributed by atoms with Crippen molar-refractivity contribution in [2.24, 2.45) is 0 Å². The molecule has 0 aromatic carbocycles. The monoisotopic (exact) mass is 343 g/mol. The first kappa shape index (κ1) is 23.2. The summed E-state index contributed by atoms with van der Waals surface area (Å²) in [7, 11) is 3.59. The maximum atomic E-state index is 12.0. The summed E-state index contributed by atoms with van der Waals surface area (Å²) in [4.78, 5) is 16.4. The second kappa shape index (κ2) is 12.5. The molecule has 1 heterocycles. The number of methoxy groups -OCH3 is 1. The fourth-order valence-corrected chi connectivity index (χ4v) is 2.49. The molecule has 1 fully saturated rings. The van der Waals surface area contributed by atoms with E-state index in [9.17, 15) is 4.79 Å². The Morgan fingerprint density at radius 3 is 2.38 bits per heavy atom. The van der Waals surface area contributed by atoms with E-state index in [2.05, 4.69) is 24.1 Å². The molecule has 1 rings (SSSR count). The SMILES string of the molecule is COCCNCC(=O)N(C)C1CCN(C(C)C)CC1.Cl.Cl. The molecular weight excluding hydrogens is 313 g/mol. The van der Waals surface area contributed by atoms with Crippen LogP contribution in [-0.4, -0.2) is 74.7 Å². The van der Waals surface area contributed by atoms with Crippen molar-refractivity contribution in [3.8, 4) is 0 Å². The fraction of sp³-hybridized carbons (Fsp3) is 0.929. The van der Waals surface area contributed by atoms with Gasteiger partial charge in [0, 0.05) is 45.9 Å². The van der Waals surface area contributed by atoms with E-state index in [-0.39, 0.29) is 30.7 Å². The van der Waals surface area contributed by atoms with Crippen LogP contribution >= 0.6 is 24.8 Å². The molecule has 0 saturated carbocycles. The summed E-state index contributed by atoms with van der Waals surface area (Å²) in [5, 5.41) is 3.11. The Balaban J connectivity index is 0. The van der Waals surface area contributed by atoms with Gasteiger partial charge < -0.3 is 19.9 Å². The fourth-order valence-electron chi connectivity index (χ4n) is 2.49. The summed E-state index contributed by atoms with van der Waals surface area (Å²) in [5.41, 5.74) is 0. The van der Waals surface area contributed by atoms with Crippen LogP contribution < -0.4 is 5.32 Å². The van der Waals surface area contributed by atoms with Crippen molar-refractivity contribution in [2.45, 2.75) is 38.8 Å². The van der Waals surface area contributed by atoms with Crippen molar-refractivity contribution in [1.29, 1.82) is 0 Å². The van der Waals surface area contributed by atoms with Gasteiger partial charge in [0.05, 0.1) is 13.2 Å². The van der Waals surface area contributed by atoms with Gasteiger partial charge in [-0.05, 0) is 26.7 Å². The smallest absolute Gasteiger partial charge is 0.236 e. The zero-order valence-corrected chi connectivity index (χ0v) is 15.3. The molecule has 0 aliphatic carbocycles. The average molecular weight is 344 g/mol. The molecule has 5 nitrogen and oxygen atoms in total. The molecule has 0 bridgehead atoms. The summed E-state index contributed by atoms with van der Waals surface area (Å²) in [6.07, 6.45) is 2.16. The number of halogens is 2. The molecule has 1 N–H and O–H groups in total. The highest BCUT2D eigenvalue weighted by atomic mass is 35.5. The van der Waals surface area contributed by atoms with E-state index in [1.807, 2.05) is 11.9 Å². The first-order valence-electron chi connectivity index (χ1n) is 7.25. The van der Waals surface area contributed by atoms with Crippen molar-refractivity contribution in [2.75, 3.05) is 46.9 Å². The number of nitrogens with one attached hydrogen (secondary N) is 1. The molecule has 1 saturated heterocycles. The molecule has 0 aromatic rings. The molecule has 1 aliphatic rings. The van der Waals surface area contributed by atoms with Crippen LogP contribution in [0.1, 0.15) is 26.7 Å². The first-order chi connectivity index (χ1) is 9.06. The number of hydrogen-bond acceptors (Lipinski definition) is 4. The van der Waals surface area contributed by atoms with Gasteiger partial charge in [-0.3, -0.25) is 4.79 Å². The molecule has 7 heteroatoms. The maximum absolute atomic E-state index is 12.0. The van der Waals surface area contributed by atoms with E-state index < -0.39 is 0 Å². The second-order valence-corrected chi connectivity index (χ2v) is 5.54. The van der Waals surface area contributed by atoms with Crippen molar-refractivity contribution in [3.63, 3.8) is 0 Å². The van der Waals surface area contributed by atoms with Gasteiger partial charge in [0.2, 0.25) is 5.91 Å². The third kappa shape index (κ3) is 8.21. The van der Waals surface area contributed by atoms with Gasteiger partial charge in [-0.15, -0.1) is 24.8 Å². The average Bonchev–Trinajstić information content (AvgIpc) is 2.42. The number of amides is 1. The number of carbonyl (C=O) groups excluding carboxylic acids is 1. The number of carbonyl (C=O) groups is 1. The third-order valence-corrected chi connectivity index (χ3v) is 3.93. The predicted molar refractivity (Wildman–Crippen MR) is 91.7 cm³/mol. The quantitative estimate of drug-likeness (QED) is 0.709. The van der Waals surface area contributed by atoms with Gasteiger partial charge in [0.15, 0.2) is 0 Å². The van der Waals surface area contributed by atoms with Crippen LogP contribution in [-0.2, 0) is 9.53 Å². The van der Waals surface area contributed by atoms with Gasteiger partial charge >= 0.3 is 0 Å². The molecule has 0 aromatic heterocycles. The van der Waals surface area contributed by atoms with Gasteiger partial charge in [0.25, 0.3) is 0 Å². The standard InChI is InChI=1S/C14H29N3O2.2ClH/c1-12(2)17-8-5-13(6-9-17)16(3)14(18)11-15-7-10-19-4;;/h12-13,15H,5-11H2,1-4H3;2*1H. The maximum Gasteiger partial charge on any atom is 0.236 e. The summed E-state index contributed by atoms with van der Waals surface area (Å²) < 4.78 is 4.94. The lowest BCUT2D eigenvalue weighted by atomic mass is 10.0. The largest absolute Gasteiger partial charge is 0.383 e. The van der Waals surface area contributed by atoms with E-state index in [1.165, 1.54) is 0 Å². The minimum atomic E-state index is 0. The lowest BCUT2D eigenvalue weighted by Gasteiger charge is -2.38. The number of piperidine rings is 1. The summed E-state index contributed by atoms with van der Waals surface area (Å²) in [6, 6.07) is 1.00. The van der Waals surface area contributed by atoms with E-state index >= 15 is 0 Å². The van der Waals surface area contributed by atoms with Crippen molar-refractivity contribution in [3.05, 3.63) is 0 Å². The van der Waals surface area contributed by atoms with Gasteiger partial charge in [-0.2, -0.15) is 0 Å². The number of rotatable bonds is 7. The molecule has 0 spiro atoms. The van der Waals surface area contributed by atoms with E-state index in [1.54, 1.807) is 7.11 Å². The predicted octanol–water partition coefficient (Wildman–Crippen LogP) is 1.40. The number of ether oxygens (including phenoxy) is 1. The first-order valence-corrected chi connectivity index (χ1v) is 7.25. The van der Waals surface area contributed by atoms with Crippen LogP contribution in [0.15, 0.2) is 0 Å². The molecule has 128 valence electrons. The lowest BCUT2D eigenvalue weighted by Crippen LogP contribution is -2.49. The summed E-state index contributed by atoms with van der Waals surface area (Å²) >= 11 is 0. The highest BCUT2D eigenvalue weighted by Gasteiger charge is 2.25.